The van der Waals surface area contributed by atoms with Crippen LogP contribution in [-0.4, -0.2) is 71.9 Å². The SMILES string of the molecule is COc1cccc(OC)c1-n1c(CS(=O)(=O)[C@@H](C)[C@@H](OC(C)C)c2ncc(Cl)cn2)nnc1[C@@H]1CCOC1. The van der Waals surface area contributed by atoms with Gasteiger partial charge in [-0.05, 0) is 39.3 Å². The van der Waals surface area contributed by atoms with Gasteiger partial charge >= 0.3 is 0 Å². The molecule has 0 aliphatic carbocycles. The average molecular weight is 566 g/mol. The van der Waals surface area contributed by atoms with Crippen molar-refractivity contribution in [1.29, 1.82) is 0 Å². The fourth-order valence-electron chi connectivity index (χ4n) is 4.37. The molecule has 3 heterocycles. The summed E-state index contributed by atoms with van der Waals surface area (Å²) in [7, 11) is -0.788. The van der Waals surface area contributed by atoms with Crippen LogP contribution in [0.1, 0.15) is 56.7 Å². The number of para-hydroxylation sites is 1. The maximum atomic E-state index is 13.9. The number of methoxy groups -OCH3 is 2. The van der Waals surface area contributed by atoms with E-state index in [1.54, 1.807) is 43.9 Å². The molecule has 0 unspecified atom stereocenters. The summed E-state index contributed by atoms with van der Waals surface area (Å²) >= 11 is 5.95. The molecule has 1 saturated heterocycles. The number of aromatic nitrogens is 5. The van der Waals surface area contributed by atoms with Gasteiger partial charge in [-0.2, -0.15) is 0 Å². The first-order valence-electron chi connectivity index (χ1n) is 12.2. The van der Waals surface area contributed by atoms with E-state index < -0.39 is 26.9 Å². The molecule has 3 aromatic rings. The minimum atomic E-state index is -3.87. The van der Waals surface area contributed by atoms with E-state index in [1.165, 1.54) is 12.4 Å². The first kappa shape index (κ1) is 28.2. The van der Waals surface area contributed by atoms with E-state index in [0.29, 0.717) is 41.2 Å². The van der Waals surface area contributed by atoms with Crippen LogP contribution >= 0.6 is 11.6 Å². The fraction of sp³-hybridized carbons (Fsp3) is 0.520. The normalized spacial score (nSPS) is 17.5. The second-order valence-corrected chi connectivity index (χ2v) is 12.1. The number of nitrogens with zero attached hydrogens (tertiary/aromatic N) is 5. The van der Waals surface area contributed by atoms with Crippen molar-refractivity contribution >= 4 is 21.4 Å². The van der Waals surface area contributed by atoms with Crippen LogP contribution in [0.2, 0.25) is 5.02 Å². The highest BCUT2D eigenvalue weighted by Crippen LogP contribution is 2.37. The number of benzene rings is 1. The predicted molar refractivity (Wildman–Crippen MR) is 141 cm³/mol. The predicted octanol–water partition coefficient (Wildman–Crippen LogP) is 3.70. The van der Waals surface area contributed by atoms with E-state index in [0.717, 1.165) is 6.42 Å². The Balaban J connectivity index is 1.78. The van der Waals surface area contributed by atoms with E-state index >= 15 is 0 Å². The third kappa shape index (κ3) is 5.93. The monoisotopic (exact) mass is 565 g/mol. The Morgan fingerprint density at radius 3 is 2.32 bits per heavy atom. The Morgan fingerprint density at radius 1 is 1.11 bits per heavy atom. The van der Waals surface area contributed by atoms with Gasteiger partial charge in [-0.25, -0.2) is 18.4 Å². The highest BCUT2D eigenvalue weighted by atomic mass is 35.5. The zero-order valence-corrected chi connectivity index (χ0v) is 23.6. The van der Waals surface area contributed by atoms with Crippen molar-refractivity contribution in [2.24, 2.45) is 0 Å². The van der Waals surface area contributed by atoms with Gasteiger partial charge in [0.1, 0.15) is 34.9 Å². The molecular weight excluding hydrogens is 534 g/mol. The lowest BCUT2D eigenvalue weighted by molar-refractivity contribution is 0.00143. The summed E-state index contributed by atoms with van der Waals surface area (Å²) in [4.78, 5) is 8.46. The van der Waals surface area contributed by atoms with E-state index in [1.807, 2.05) is 13.8 Å². The third-order valence-corrected chi connectivity index (χ3v) is 8.55. The number of hydrogen-bond acceptors (Lipinski definition) is 10. The second-order valence-electron chi connectivity index (χ2n) is 9.26. The lowest BCUT2D eigenvalue weighted by Crippen LogP contribution is -2.32. The number of sulfone groups is 1. The molecule has 4 rings (SSSR count). The van der Waals surface area contributed by atoms with Gasteiger partial charge in [0.15, 0.2) is 21.5 Å². The first-order chi connectivity index (χ1) is 18.2. The van der Waals surface area contributed by atoms with Crippen LogP contribution in [0.5, 0.6) is 11.5 Å². The van der Waals surface area contributed by atoms with Gasteiger partial charge in [-0.1, -0.05) is 17.7 Å². The maximum Gasteiger partial charge on any atom is 0.163 e. The highest BCUT2D eigenvalue weighted by Gasteiger charge is 2.37. The van der Waals surface area contributed by atoms with Gasteiger partial charge in [-0.15, -0.1) is 10.2 Å². The average Bonchev–Trinajstić information content (AvgIpc) is 3.56. The van der Waals surface area contributed by atoms with Gasteiger partial charge in [0.2, 0.25) is 0 Å². The first-order valence-corrected chi connectivity index (χ1v) is 14.3. The van der Waals surface area contributed by atoms with Crippen molar-refractivity contribution < 1.29 is 27.4 Å². The number of hydrogen-bond donors (Lipinski definition) is 0. The largest absolute Gasteiger partial charge is 0.494 e. The van der Waals surface area contributed by atoms with Crippen LogP contribution < -0.4 is 9.47 Å². The summed E-state index contributed by atoms with van der Waals surface area (Å²) < 4.78 is 52.3. The van der Waals surface area contributed by atoms with Crippen molar-refractivity contribution in [3.8, 4) is 17.2 Å². The number of halogens is 1. The molecule has 3 atom stereocenters. The van der Waals surface area contributed by atoms with E-state index in [9.17, 15) is 8.42 Å². The van der Waals surface area contributed by atoms with Crippen LogP contribution in [0.3, 0.4) is 0 Å². The summed E-state index contributed by atoms with van der Waals surface area (Å²) in [5.41, 5.74) is 0.526. The smallest absolute Gasteiger partial charge is 0.163 e. The van der Waals surface area contributed by atoms with Crippen molar-refractivity contribution in [2.75, 3.05) is 27.4 Å². The zero-order valence-electron chi connectivity index (χ0n) is 22.0. The van der Waals surface area contributed by atoms with Crippen molar-refractivity contribution in [3.63, 3.8) is 0 Å². The maximum absolute atomic E-state index is 13.9. The second kappa shape index (κ2) is 11.9. The fourth-order valence-corrected chi connectivity index (χ4v) is 5.84. The summed E-state index contributed by atoms with van der Waals surface area (Å²) in [6, 6.07) is 5.35. The van der Waals surface area contributed by atoms with Crippen molar-refractivity contribution in [3.05, 3.63) is 53.1 Å². The van der Waals surface area contributed by atoms with Crippen LogP contribution in [0.15, 0.2) is 30.6 Å². The molecule has 0 bridgehead atoms. The van der Waals surface area contributed by atoms with Crippen molar-refractivity contribution in [1.82, 2.24) is 24.7 Å². The van der Waals surface area contributed by atoms with E-state index in [4.69, 9.17) is 30.5 Å². The van der Waals surface area contributed by atoms with E-state index in [2.05, 4.69) is 20.2 Å². The molecule has 0 amide bonds. The zero-order chi connectivity index (χ0) is 27.4. The Morgan fingerprint density at radius 2 is 1.76 bits per heavy atom. The molecule has 206 valence electrons. The molecule has 0 radical (unpaired) electrons. The quantitative estimate of drug-likeness (QED) is 0.339. The van der Waals surface area contributed by atoms with Gasteiger partial charge in [-0.3, -0.25) is 4.57 Å². The molecule has 1 aliphatic rings. The molecule has 2 aromatic heterocycles. The van der Waals surface area contributed by atoms with Crippen LogP contribution in [-0.2, 0) is 25.1 Å². The molecule has 0 N–H and O–H groups in total. The third-order valence-electron chi connectivity index (χ3n) is 6.31. The van der Waals surface area contributed by atoms with Crippen LogP contribution in [0.25, 0.3) is 5.69 Å². The van der Waals surface area contributed by atoms with Crippen LogP contribution in [0.4, 0.5) is 0 Å². The molecule has 1 aromatic carbocycles. The minimum Gasteiger partial charge on any atom is -0.494 e. The number of rotatable bonds is 11. The molecule has 0 spiro atoms. The van der Waals surface area contributed by atoms with Gasteiger partial charge in [0.25, 0.3) is 0 Å². The minimum absolute atomic E-state index is 0.0644. The molecular formula is C25H32ClN5O6S. The lowest BCUT2D eigenvalue weighted by Gasteiger charge is -2.25. The molecule has 38 heavy (non-hydrogen) atoms. The summed E-state index contributed by atoms with van der Waals surface area (Å²) in [6.45, 7) is 6.26. The molecule has 1 aliphatic heterocycles. The molecule has 0 saturated carbocycles. The van der Waals surface area contributed by atoms with Crippen molar-refractivity contribution in [2.45, 2.75) is 56.3 Å². The van der Waals surface area contributed by atoms with Gasteiger partial charge in [0, 0.05) is 24.9 Å². The Bertz CT molecular complexity index is 1320. The summed E-state index contributed by atoms with van der Waals surface area (Å²) in [5, 5.41) is 8.09. The summed E-state index contributed by atoms with van der Waals surface area (Å²) in [5.74, 6) is 1.54. The van der Waals surface area contributed by atoms with Gasteiger partial charge < -0.3 is 18.9 Å². The van der Waals surface area contributed by atoms with Crippen LogP contribution in [0, 0.1) is 0 Å². The Labute approximate surface area is 227 Å². The highest BCUT2D eigenvalue weighted by molar-refractivity contribution is 7.91. The Kier molecular flexibility index (Phi) is 8.86. The van der Waals surface area contributed by atoms with E-state index in [-0.39, 0.29) is 23.7 Å². The molecule has 1 fully saturated rings. The van der Waals surface area contributed by atoms with Gasteiger partial charge in [0.05, 0.1) is 37.2 Å². The Hall–Kier alpha value is -2.80. The molecule has 13 heteroatoms. The standard InChI is InChI=1S/C25H32ClN5O6S/c1-15(2)37-23(24-27-11-18(26)12-28-24)16(3)38(32,33)14-21-29-30-25(17-9-10-36-13-17)31(21)22-19(34-4)7-6-8-20(22)35-5/h6-8,11-12,15-17,23H,9-10,13-14H2,1-5H3/t16-,17+,23+/m0/s1. The summed E-state index contributed by atoms with van der Waals surface area (Å²) in [6.07, 6.45) is 2.38. The topological polar surface area (TPSA) is 128 Å². The lowest BCUT2D eigenvalue weighted by atomic mass is 10.1. The molecule has 11 nitrogen and oxygen atoms in total. The number of ether oxygens (including phenoxy) is 4.